The van der Waals surface area contributed by atoms with Gasteiger partial charge in [-0.2, -0.15) is 5.26 Å². The third-order valence-electron chi connectivity index (χ3n) is 3.81. The average Bonchev–Trinajstić information content (AvgIpc) is 2.97. The molecule has 0 fully saturated rings. The van der Waals surface area contributed by atoms with E-state index in [0.29, 0.717) is 16.6 Å². The summed E-state index contributed by atoms with van der Waals surface area (Å²) in [6, 6.07) is 9.37. The minimum Gasteiger partial charge on any atom is -0.496 e. The molecule has 6 heteroatoms. The molecule has 1 aromatic carbocycles. The number of hydrogen-bond donors (Lipinski definition) is 2. The van der Waals surface area contributed by atoms with Crippen LogP contribution in [0.3, 0.4) is 0 Å². The van der Waals surface area contributed by atoms with Crippen LogP contribution in [0.15, 0.2) is 30.5 Å². The maximum absolute atomic E-state index is 11.6. The Morgan fingerprint density at radius 1 is 1.39 bits per heavy atom. The van der Waals surface area contributed by atoms with Gasteiger partial charge in [-0.05, 0) is 35.7 Å². The van der Waals surface area contributed by atoms with Gasteiger partial charge in [-0.25, -0.2) is 4.98 Å². The Hall–Kier alpha value is -3.33. The second-order valence-corrected chi connectivity index (χ2v) is 5.09. The van der Waals surface area contributed by atoms with Crippen LogP contribution < -0.4 is 10.5 Å². The van der Waals surface area contributed by atoms with Crippen LogP contribution in [0.4, 0.5) is 0 Å². The number of hydrogen-bond acceptors (Lipinski definition) is 4. The molecule has 2 heterocycles. The fraction of sp³-hybridized carbons (Fsp3) is 0.118. The van der Waals surface area contributed by atoms with Crippen molar-refractivity contribution in [3.05, 3.63) is 47.3 Å². The van der Waals surface area contributed by atoms with E-state index in [-0.39, 0.29) is 5.69 Å². The smallest absolute Gasteiger partial charge is 0.267 e. The Morgan fingerprint density at radius 2 is 2.17 bits per heavy atom. The number of fused-ring (bicyclic) bond motifs is 1. The van der Waals surface area contributed by atoms with E-state index in [4.69, 9.17) is 10.5 Å². The van der Waals surface area contributed by atoms with Crippen LogP contribution in [-0.4, -0.2) is 23.0 Å². The van der Waals surface area contributed by atoms with Crippen molar-refractivity contribution in [2.24, 2.45) is 5.73 Å². The summed E-state index contributed by atoms with van der Waals surface area (Å²) in [4.78, 5) is 18.7. The number of carbonyl (C=O) groups is 1. The number of nitriles is 1. The van der Waals surface area contributed by atoms with Gasteiger partial charge >= 0.3 is 0 Å². The Bertz CT molecular complexity index is 967. The summed E-state index contributed by atoms with van der Waals surface area (Å²) >= 11 is 0. The van der Waals surface area contributed by atoms with Gasteiger partial charge in [0, 0.05) is 11.6 Å². The SMILES string of the molecule is COc1cccc(-c2cc(C(N)=O)nc3[nH]cc(C#N)c23)c1C. The molecule has 2 aromatic heterocycles. The molecule has 0 unspecified atom stereocenters. The molecule has 0 radical (unpaired) electrons. The number of nitrogens with one attached hydrogen (secondary N) is 1. The number of benzene rings is 1. The number of pyridine rings is 1. The fourth-order valence-corrected chi connectivity index (χ4v) is 2.69. The second-order valence-electron chi connectivity index (χ2n) is 5.09. The summed E-state index contributed by atoms with van der Waals surface area (Å²) < 4.78 is 5.35. The molecule has 0 saturated heterocycles. The van der Waals surface area contributed by atoms with Gasteiger partial charge in [0.25, 0.3) is 5.91 Å². The van der Waals surface area contributed by atoms with Crippen LogP contribution in [0.25, 0.3) is 22.2 Å². The summed E-state index contributed by atoms with van der Waals surface area (Å²) in [7, 11) is 1.60. The van der Waals surface area contributed by atoms with Crippen molar-refractivity contribution in [3.63, 3.8) is 0 Å². The largest absolute Gasteiger partial charge is 0.496 e. The molecule has 3 aromatic rings. The van der Waals surface area contributed by atoms with E-state index in [9.17, 15) is 10.1 Å². The predicted molar refractivity (Wildman–Crippen MR) is 86.1 cm³/mol. The molecule has 114 valence electrons. The summed E-state index contributed by atoms with van der Waals surface area (Å²) in [5, 5.41) is 9.99. The van der Waals surface area contributed by atoms with E-state index in [2.05, 4.69) is 16.0 Å². The molecule has 23 heavy (non-hydrogen) atoms. The minimum absolute atomic E-state index is 0.140. The fourth-order valence-electron chi connectivity index (χ4n) is 2.69. The molecule has 0 spiro atoms. The Kier molecular flexibility index (Phi) is 3.47. The van der Waals surface area contributed by atoms with Crippen LogP contribution >= 0.6 is 0 Å². The van der Waals surface area contributed by atoms with Crippen LogP contribution in [0.5, 0.6) is 5.75 Å². The first-order chi connectivity index (χ1) is 11.1. The van der Waals surface area contributed by atoms with Crippen molar-refractivity contribution in [1.82, 2.24) is 9.97 Å². The maximum atomic E-state index is 11.6. The van der Waals surface area contributed by atoms with Crippen molar-refractivity contribution in [1.29, 1.82) is 5.26 Å². The molecule has 0 saturated carbocycles. The highest BCUT2D eigenvalue weighted by Crippen LogP contribution is 2.35. The van der Waals surface area contributed by atoms with E-state index in [1.165, 1.54) is 0 Å². The standard InChI is InChI=1S/C17H14N4O2/c1-9-11(4-3-5-14(9)23-2)12-6-13(16(19)22)21-17-15(12)10(7-18)8-20-17/h3-6,8H,1-2H3,(H2,19,22)(H,20,21). The Morgan fingerprint density at radius 3 is 2.83 bits per heavy atom. The zero-order valence-corrected chi connectivity index (χ0v) is 12.7. The summed E-state index contributed by atoms with van der Waals surface area (Å²) in [5.74, 6) is 0.101. The van der Waals surface area contributed by atoms with Gasteiger partial charge in [0.05, 0.1) is 12.7 Å². The maximum Gasteiger partial charge on any atom is 0.267 e. The predicted octanol–water partition coefficient (Wildman–Crippen LogP) is 2.52. The molecule has 0 aliphatic carbocycles. The molecule has 0 bridgehead atoms. The summed E-state index contributed by atoms with van der Waals surface area (Å²) in [5.41, 5.74) is 8.92. The number of H-pyrrole nitrogens is 1. The van der Waals surface area contributed by atoms with Crippen molar-refractivity contribution < 1.29 is 9.53 Å². The molecule has 6 nitrogen and oxygen atoms in total. The van der Waals surface area contributed by atoms with Gasteiger partial charge in [0.2, 0.25) is 0 Å². The first-order valence-electron chi connectivity index (χ1n) is 6.92. The molecular formula is C17H14N4O2. The van der Waals surface area contributed by atoms with Gasteiger partial charge in [-0.1, -0.05) is 12.1 Å². The van der Waals surface area contributed by atoms with Gasteiger partial charge < -0.3 is 15.5 Å². The number of methoxy groups -OCH3 is 1. The zero-order chi connectivity index (χ0) is 16.6. The van der Waals surface area contributed by atoms with E-state index in [0.717, 1.165) is 22.4 Å². The first-order valence-corrected chi connectivity index (χ1v) is 6.92. The number of nitrogens with zero attached hydrogens (tertiary/aromatic N) is 2. The third kappa shape index (κ3) is 2.28. The van der Waals surface area contributed by atoms with E-state index in [1.54, 1.807) is 19.4 Å². The monoisotopic (exact) mass is 306 g/mol. The van der Waals surface area contributed by atoms with Crippen molar-refractivity contribution in [3.8, 4) is 22.9 Å². The van der Waals surface area contributed by atoms with Gasteiger partial charge in [-0.15, -0.1) is 0 Å². The number of rotatable bonds is 3. The highest BCUT2D eigenvalue weighted by molar-refractivity contribution is 6.02. The lowest BCUT2D eigenvalue weighted by Gasteiger charge is -2.12. The number of nitrogens with two attached hydrogens (primary N) is 1. The third-order valence-corrected chi connectivity index (χ3v) is 3.81. The lowest BCUT2D eigenvalue weighted by molar-refractivity contribution is 0.0996. The number of ether oxygens (including phenoxy) is 1. The van der Waals surface area contributed by atoms with Crippen LogP contribution in [0.1, 0.15) is 21.6 Å². The van der Waals surface area contributed by atoms with Gasteiger partial charge in [0.15, 0.2) is 0 Å². The van der Waals surface area contributed by atoms with E-state index < -0.39 is 5.91 Å². The van der Waals surface area contributed by atoms with Crippen LogP contribution in [0.2, 0.25) is 0 Å². The average molecular weight is 306 g/mol. The van der Waals surface area contributed by atoms with Crippen molar-refractivity contribution in [2.45, 2.75) is 6.92 Å². The molecular weight excluding hydrogens is 292 g/mol. The molecule has 0 atom stereocenters. The second kappa shape index (κ2) is 5.46. The normalized spacial score (nSPS) is 10.5. The van der Waals surface area contributed by atoms with Gasteiger partial charge in [0.1, 0.15) is 23.2 Å². The van der Waals surface area contributed by atoms with Crippen LogP contribution in [0, 0.1) is 18.3 Å². The topological polar surface area (TPSA) is 105 Å². The molecule has 1 amide bonds. The number of amides is 1. The Labute approximate surface area is 132 Å². The lowest BCUT2D eigenvalue weighted by atomic mass is 9.96. The quantitative estimate of drug-likeness (QED) is 0.775. The minimum atomic E-state index is -0.623. The molecule has 3 rings (SSSR count). The number of carbonyl (C=O) groups excluding carboxylic acids is 1. The molecule has 3 N–H and O–H groups in total. The highest BCUT2D eigenvalue weighted by Gasteiger charge is 2.17. The summed E-state index contributed by atoms with van der Waals surface area (Å²) in [6.07, 6.45) is 1.57. The van der Waals surface area contributed by atoms with Gasteiger partial charge in [-0.3, -0.25) is 4.79 Å². The highest BCUT2D eigenvalue weighted by atomic mass is 16.5. The first kappa shape index (κ1) is 14.6. The van der Waals surface area contributed by atoms with E-state index in [1.807, 2.05) is 25.1 Å². The van der Waals surface area contributed by atoms with Crippen molar-refractivity contribution >= 4 is 16.9 Å². The zero-order valence-electron chi connectivity index (χ0n) is 12.7. The summed E-state index contributed by atoms with van der Waals surface area (Å²) in [6.45, 7) is 1.92. The van der Waals surface area contributed by atoms with E-state index >= 15 is 0 Å². The lowest BCUT2D eigenvalue weighted by Crippen LogP contribution is -2.13. The molecule has 0 aliphatic rings. The van der Waals surface area contributed by atoms with Crippen molar-refractivity contribution in [2.75, 3.05) is 7.11 Å². The number of aromatic amines is 1. The number of aromatic nitrogens is 2. The Balaban J connectivity index is 2.42. The number of primary amides is 1. The molecule has 0 aliphatic heterocycles. The van der Waals surface area contributed by atoms with Crippen LogP contribution in [-0.2, 0) is 0 Å².